The van der Waals surface area contributed by atoms with Gasteiger partial charge in [-0.15, -0.1) is 0 Å². The number of piperazine rings is 3. The van der Waals surface area contributed by atoms with Crippen molar-refractivity contribution in [2.45, 2.75) is 188 Å². The average Bonchev–Trinajstić information content (AvgIpc) is 4.07. The van der Waals surface area contributed by atoms with Gasteiger partial charge in [0.2, 0.25) is 11.1 Å². The minimum Gasteiger partial charge on any atom is -0.478 e. The number of nitrogens with one attached hydrogen (secondary N) is 1. The van der Waals surface area contributed by atoms with Crippen LogP contribution >= 0.6 is 11.6 Å². The molecule has 2 N–H and O–H groups in total. The summed E-state index contributed by atoms with van der Waals surface area (Å²) in [5.74, 6) is 2.13. The third-order valence-corrected chi connectivity index (χ3v) is 13.1. The predicted octanol–water partition coefficient (Wildman–Crippen LogP) is 10.7. The minimum atomic E-state index is -0.891. The monoisotopic (exact) mass is 971 g/mol. The molecule has 6 heterocycles. The molecule has 0 bridgehead atoms. The molecule has 13 heteroatoms. The number of carbonyl (C=O) groups excluding carboxylic acids is 3. The number of hydrogen-bond donors (Lipinski definition) is 2. The van der Waals surface area contributed by atoms with Crippen LogP contribution in [0.1, 0.15) is 164 Å². The van der Waals surface area contributed by atoms with Gasteiger partial charge in [-0.05, 0) is 103 Å². The van der Waals surface area contributed by atoms with Gasteiger partial charge >= 0.3 is 5.97 Å². The first-order chi connectivity index (χ1) is 30.9. The van der Waals surface area contributed by atoms with Gasteiger partial charge in [0, 0.05) is 115 Å². The molecule has 6 unspecified atom stereocenters. The van der Waals surface area contributed by atoms with Crippen molar-refractivity contribution >= 4 is 34.6 Å². The van der Waals surface area contributed by atoms with E-state index in [1.54, 1.807) is 27.0 Å². The zero-order valence-electron chi connectivity index (χ0n) is 44.6. The smallest absolute Gasteiger partial charge is 0.327 e. The highest BCUT2D eigenvalue weighted by molar-refractivity contribution is 6.66. The molecule has 6 saturated heterocycles. The number of amides is 2. The molecule has 2 amide bonds. The van der Waals surface area contributed by atoms with Crippen LogP contribution in [-0.4, -0.2) is 162 Å². The quantitative estimate of drug-likeness (QED) is 0.179. The molecule has 0 aromatic heterocycles. The second-order valence-corrected chi connectivity index (χ2v) is 18.0. The summed E-state index contributed by atoms with van der Waals surface area (Å²) >= 11 is 4.85. The fourth-order valence-electron chi connectivity index (χ4n) is 8.81. The second-order valence-electron chi connectivity index (χ2n) is 17.7. The number of allylic oxidation sites excluding steroid dienone is 4. The summed E-state index contributed by atoms with van der Waals surface area (Å²) in [4.78, 5) is 55.8. The number of ether oxygens (including phenoxy) is 1. The van der Waals surface area contributed by atoms with E-state index in [9.17, 15) is 19.2 Å². The zero-order valence-corrected chi connectivity index (χ0v) is 45.4. The Morgan fingerprint density at radius 1 is 0.657 bits per heavy atom. The summed E-state index contributed by atoms with van der Waals surface area (Å²) < 4.78 is 5.30. The average molecular weight is 972 g/mol. The normalized spacial score (nSPS) is 23.9. The number of aliphatic carboxylic acids is 1. The van der Waals surface area contributed by atoms with Gasteiger partial charge in [0.25, 0.3) is 5.91 Å². The number of hydrogen-bond acceptors (Lipinski definition) is 9. The number of carboxylic acids is 1. The number of rotatable bonds is 8. The van der Waals surface area contributed by atoms with Gasteiger partial charge in [-0.1, -0.05) is 114 Å². The summed E-state index contributed by atoms with van der Waals surface area (Å²) in [7, 11) is 1.61. The number of carbonyl (C=O) groups is 4. The number of methoxy groups -OCH3 is 1. The Labute approximate surface area is 418 Å². The first-order valence-corrected chi connectivity index (χ1v) is 25.7. The van der Waals surface area contributed by atoms with Crippen molar-refractivity contribution in [1.29, 1.82) is 0 Å². The third kappa shape index (κ3) is 26.3. The van der Waals surface area contributed by atoms with Crippen molar-refractivity contribution in [2.24, 2.45) is 17.8 Å². The van der Waals surface area contributed by atoms with Gasteiger partial charge in [-0.25, -0.2) is 4.79 Å². The molecule has 6 rings (SSSR count). The highest BCUT2D eigenvalue weighted by atomic mass is 35.5. The van der Waals surface area contributed by atoms with Crippen LogP contribution in [0, 0.1) is 17.8 Å². The highest BCUT2D eigenvalue weighted by Crippen LogP contribution is 2.31. The van der Waals surface area contributed by atoms with Gasteiger partial charge in [0.1, 0.15) is 5.60 Å². The molecule has 67 heavy (non-hydrogen) atoms. The van der Waals surface area contributed by atoms with Gasteiger partial charge in [0.15, 0.2) is 0 Å². The van der Waals surface area contributed by atoms with Crippen LogP contribution < -0.4 is 5.32 Å². The van der Waals surface area contributed by atoms with Crippen LogP contribution in [0.25, 0.3) is 0 Å². The summed E-state index contributed by atoms with van der Waals surface area (Å²) in [6, 6.07) is 2.05. The molecular formula is C54H107ClN6O6. The van der Waals surface area contributed by atoms with Gasteiger partial charge < -0.3 is 25.0 Å². The standard InChI is InChI=1S/C15H26N2O.C14H26N2O2.C9H18N2.C4H5ClO.C4H6O2.3C2H6.2CH4/c1-5-13-8-14-10-17(7-6-16(14)9-13)15(18)12(4)11(2)3;1-5-11-8-12-10-16(7-6-15(12)9-11)13(17)14(2,3)18-4;1-2-8-5-9-6-10-3-4-11(9)7-8;2*1-2-3-4(5)6;3*1-2;;/h13-14H,5-10H2,1-4H3;11-12H,5-10H2,1-4H3;8-10H,2-7H2,1H3;2-3H,1H3;2-3H,1H3,(H,5,6);3*1-2H3;2*1H4. The Morgan fingerprint density at radius 2 is 1.06 bits per heavy atom. The van der Waals surface area contributed by atoms with Gasteiger partial charge in [0.05, 0.1) is 0 Å². The van der Waals surface area contributed by atoms with E-state index in [1.807, 2.05) is 81.1 Å². The summed E-state index contributed by atoms with van der Waals surface area (Å²) in [6.45, 7) is 45.1. The van der Waals surface area contributed by atoms with E-state index in [-0.39, 0.29) is 26.7 Å². The van der Waals surface area contributed by atoms with Gasteiger partial charge in [-0.3, -0.25) is 29.1 Å². The van der Waals surface area contributed by atoms with Crippen molar-refractivity contribution in [2.75, 3.05) is 85.6 Å². The van der Waals surface area contributed by atoms with E-state index < -0.39 is 16.8 Å². The number of carboxylic acid groups (broad SMARTS) is 1. The lowest BCUT2D eigenvalue weighted by molar-refractivity contribution is -0.153. The maximum absolute atomic E-state index is 12.4. The first-order valence-electron chi connectivity index (χ1n) is 25.3. The molecule has 6 atom stereocenters. The van der Waals surface area contributed by atoms with Crippen LogP contribution in [0.15, 0.2) is 35.5 Å². The molecule has 0 aromatic rings. The molecule has 0 aromatic carbocycles. The molecular weight excluding hydrogens is 864 g/mol. The molecule has 6 aliphatic rings. The lowest BCUT2D eigenvalue weighted by atomic mass is 10.0. The molecule has 12 nitrogen and oxygen atoms in total. The highest BCUT2D eigenvalue weighted by Gasteiger charge is 2.40. The first kappa shape index (κ1) is 70.9. The Hall–Kier alpha value is -2.61. The number of nitrogens with zero attached hydrogens (tertiary/aromatic N) is 5. The molecule has 0 saturated carbocycles. The summed E-state index contributed by atoms with van der Waals surface area (Å²) in [5.41, 5.74) is 1.37. The molecule has 0 radical (unpaired) electrons. The molecule has 396 valence electrons. The van der Waals surface area contributed by atoms with Crippen LogP contribution in [0.5, 0.6) is 0 Å². The van der Waals surface area contributed by atoms with Crippen LogP contribution in [0.4, 0.5) is 0 Å². The van der Waals surface area contributed by atoms with E-state index in [0.29, 0.717) is 12.1 Å². The van der Waals surface area contributed by atoms with E-state index in [2.05, 4.69) is 45.7 Å². The molecule has 6 fully saturated rings. The van der Waals surface area contributed by atoms with Crippen molar-refractivity contribution < 1.29 is 29.0 Å². The largest absolute Gasteiger partial charge is 0.478 e. The minimum absolute atomic E-state index is 0. The maximum atomic E-state index is 12.4. The Morgan fingerprint density at radius 3 is 1.39 bits per heavy atom. The van der Waals surface area contributed by atoms with Crippen molar-refractivity contribution in [3.63, 3.8) is 0 Å². The lowest BCUT2D eigenvalue weighted by Crippen LogP contribution is -2.56. The fraction of sp³-hybridized carbons (Fsp3) is 0.815. The summed E-state index contributed by atoms with van der Waals surface area (Å²) in [5, 5.41) is 10.9. The second kappa shape index (κ2) is 40.2. The van der Waals surface area contributed by atoms with Gasteiger partial charge in [-0.2, -0.15) is 0 Å². The fourth-order valence-corrected chi connectivity index (χ4v) is 8.94. The Kier molecular flexibility index (Phi) is 42.5. The molecule has 0 spiro atoms. The van der Waals surface area contributed by atoms with Crippen LogP contribution in [-0.2, 0) is 23.9 Å². The Bertz CT molecular complexity index is 1380. The van der Waals surface area contributed by atoms with E-state index in [4.69, 9.17) is 21.4 Å². The van der Waals surface area contributed by atoms with Crippen molar-refractivity contribution in [3.8, 4) is 0 Å². The van der Waals surface area contributed by atoms with E-state index in [0.717, 1.165) is 80.3 Å². The topological polar surface area (TPSA) is 126 Å². The predicted molar refractivity (Wildman–Crippen MR) is 288 cm³/mol. The third-order valence-electron chi connectivity index (χ3n) is 13.0. The van der Waals surface area contributed by atoms with Crippen molar-refractivity contribution in [3.05, 3.63) is 35.5 Å². The number of fused-ring (bicyclic) bond motifs is 3. The number of halogens is 1. The molecule has 6 aliphatic heterocycles. The summed E-state index contributed by atoms with van der Waals surface area (Å²) in [6.07, 6.45) is 13.3. The lowest BCUT2D eigenvalue weighted by Gasteiger charge is -2.40. The Balaban J connectivity index is -0.000000378. The van der Waals surface area contributed by atoms with Crippen molar-refractivity contribution in [1.82, 2.24) is 29.8 Å². The van der Waals surface area contributed by atoms with E-state index >= 15 is 0 Å². The zero-order chi connectivity index (χ0) is 50.3. The molecule has 0 aliphatic carbocycles. The maximum Gasteiger partial charge on any atom is 0.327 e. The SMILES string of the molecule is C.C.CC.CC.CC.CC=CC(=O)Cl.CC=CC(=O)O.CCC1CC2CN(C(=O)C(C)(C)OC)CCN2C1.CCC1CC2CN(C(=O)C(C)=C(C)C)CCN2C1.CCC1CC2CNCCN2C1. The van der Waals surface area contributed by atoms with E-state index in [1.165, 1.54) is 89.9 Å². The van der Waals surface area contributed by atoms with Crippen LogP contribution in [0.2, 0.25) is 0 Å². The van der Waals surface area contributed by atoms with Crippen LogP contribution in [0.3, 0.4) is 0 Å².